The van der Waals surface area contributed by atoms with Crippen molar-refractivity contribution in [3.63, 3.8) is 0 Å². The molecule has 2 unspecified atom stereocenters. The molecule has 5 rings (SSSR count). The highest BCUT2D eigenvalue weighted by atomic mass is 32.2. The lowest BCUT2D eigenvalue weighted by Crippen LogP contribution is -2.31. The Kier molecular flexibility index (Phi) is 8.15. The van der Waals surface area contributed by atoms with Gasteiger partial charge in [0.15, 0.2) is 5.13 Å². The lowest BCUT2D eigenvalue weighted by Gasteiger charge is -2.22. The third-order valence-corrected chi connectivity index (χ3v) is 8.61. The molecule has 3 heterocycles. The summed E-state index contributed by atoms with van der Waals surface area (Å²) in [6.45, 7) is 5.64. The van der Waals surface area contributed by atoms with Crippen LogP contribution >= 0.6 is 23.1 Å². The van der Waals surface area contributed by atoms with Gasteiger partial charge in [-0.05, 0) is 43.1 Å². The van der Waals surface area contributed by atoms with Crippen molar-refractivity contribution in [2.24, 2.45) is 10.9 Å². The summed E-state index contributed by atoms with van der Waals surface area (Å²) in [4.78, 5) is 23.2. The maximum atomic E-state index is 13.5. The second-order valence-corrected chi connectivity index (χ2v) is 11.0. The van der Waals surface area contributed by atoms with Gasteiger partial charge in [0.05, 0.1) is 22.5 Å². The zero-order chi connectivity index (χ0) is 25.6. The minimum atomic E-state index is -0.325. The van der Waals surface area contributed by atoms with Crippen LogP contribution in [0.15, 0.2) is 83.3 Å². The average molecular weight is 532 g/mol. The average Bonchev–Trinajstić information content (AvgIpc) is 3.61. The van der Waals surface area contributed by atoms with Crippen LogP contribution in [0.25, 0.3) is 17.3 Å². The number of nitrogens with one attached hydrogen (secondary N) is 3. The van der Waals surface area contributed by atoms with Crippen molar-refractivity contribution in [2.75, 3.05) is 18.4 Å². The lowest BCUT2D eigenvalue weighted by molar-refractivity contribution is -0.116. The van der Waals surface area contributed by atoms with Crippen molar-refractivity contribution in [3.8, 4) is 11.3 Å². The number of thioether (sulfide) groups is 1. The molecule has 0 bridgehead atoms. The molecule has 0 spiro atoms. The SMILES string of the molecule is C=C(/C=C/c1ccc(-c2csc(NC(=O)C3SC(C4CCNCC4)=NC3c3ccccc3)n2)cc1)NO. The molecule has 190 valence electrons. The van der Waals surface area contributed by atoms with E-state index in [1.807, 2.05) is 59.4 Å². The zero-order valence-electron chi connectivity index (χ0n) is 20.3. The molecule has 1 amide bonds. The van der Waals surface area contributed by atoms with Crippen LogP contribution in [0, 0.1) is 5.92 Å². The molecule has 2 aromatic carbocycles. The molecule has 9 heteroatoms. The number of aromatic nitrogens is 1. The van der Waals surface area contributed by atoms with Gasteiger partial charge in [0, 0.05) is 16.9 Å². The Labute approximate surface area is 224 Å². The van der Waals surface area contributed by atoms with Crippen molar-refractivity contribution < 1.29 is 10.0 Å². The van der Waals surface area contributed by atoms with Crippen LogP contribution in [-0.4, -0.2) is 39.5 Å². The van der Waals surface area contributed by atoms with Crippen molar-refractivity contribution >= 4 is 45.3 Å². The first-order valence-electron chi connectivity index (χ1n) is 12.2. The molecule has 2 atom stereocenters. The maximum absolute atomic E-state index is 13.5. The summed E-state index contributed by atoms with van der Waals surface area (Å²) in [5.41, 5.74) is 6.22. The van der Waals surface area contributed by atoms with Gasteiger partial charge in [-0.2, -0.15) is 0 Å². The molecule has 1 fully saturated rings. The smallest absolute Gasteiger partial charge is 0.242 e. The molecule has 3 aromatic rings. The fourth-order valence-corrected chi connectivity index (χ4v) is 6.53. The molecular formula is C28H29N5O2S2. The number of benzene rings is 2. The second-order valence-electron chi connectivity index (χ2n) is 9.01. The number of rotatable bonds is 8. The predicted octanol–water partition coefficient (Wildman–Crippen LogP) is 5.51. The Bertz CT molecular complexity index is 1300. The number of hydroxylamine groups is 1. The normalized spacial score (nSPS) is 20.1. The van der Waals surface area contributed by atoms with Crippen LogP contribution in [0.5, 0.6) is 0 Å². The first-order chi connectivity index (χ1) is 18.1. The van der Waals surface area contributed by atoms with Gasteiger partial charge in [-0.3, -0.25) is 20.5 Å². The predicted molar refractivity (Wildman–Crippen MR) is 153 cm³/mol. The molecule has 7 nitrogen and oxygen atoms in total. The summed E-state index contributed by atoms with van der Waals surface area (Å²) in [6, 6.07) is 17.8. The number of carbonyl (C=O) groups excluding carboxylic acids is 1. The van der Waals surface area contributed by atoms with E-state index in [1.54, 1.807) is 17.8 Å². The quantitative estimate of drug-likeness (QED) is 0.226. The van der Waals surface area contributed by atoms with E-state index < -0.39 is 0 Å². The van der Waals surface area contributed by atoms with Crippen molar-refractivity contribution in [1.29, 1.82) is 0 Å². The van der Waals surface area contributed by atoms with Crippen LogP contribution in [0.4, 0.5) is 5.13 Å². The highest BCUT2D eigenvalue weighted by Gasteiger charge is 2.39. The van der Waals surface area contributed by atoms with E-state index in [4.69, 9.17) is 10.2 Å². The molecule has 1 saturated heterocycles. The van der Waals surface area contributed by atoms with E-state index in [1.165, 1.54) is 11.3 Å². The van der Waals surface area contributed by atoms with E-state index >= 15 is 0 Å². The van der Waals surface area contributed by atoms with E-state index in [2.05, 4.69) is 34.3 Å². The van der Waals surface area contributed by atoms with Crippen LogP contribution in [0.1, 0.15) is 30.0 Å². The van der Waals surface area contributed by atoms with Gasteiger partial charge in [0.2, 0.25) is 5.91 Å². The number of aliphatic imine (C=N–C) groups is 1. The summed E-state index contributed by atoms with van der Waals surface area (Å²) in [6.07, 6.45) is 5.65. The van der Waals surface area contributed by atoms with Crippen LogP contribution in [0.2, 0.25) is 0 Å². The summed E-state index contributed by atoms with van der Waals surface area (Å²) in [5, 5.41) is 18.6. The van der Waals surface area contributed by atoms with Crippen LogP contribution in [-0.2, 0) is 4.79 Å². The third kappa shape index (κ3) is 6.19. The summed E-state index contributed by atoms with van der Waals surface area (Å²) < 4.78 is 0. The Morgan fingerprint density at radius 2 is 1.86 bits per heavy atom. The molecule has 0 saturated carbocycles. The highest BCUT2D eigenvalue weighted by Crippen LogP contribution is 2.42. The van der Waals surface area contributed by atoms with Gasteiger partial charge in [-0.15, -0.1) is 11.3 Å². The van der Waals surface area contributed by atoms with Gasteiger partial charge in [0.1, 0.15) is 5.25 Å². The van der Waals surface area contributed by atoms with Gasteiger partial charge in [-0.1, -0.05) is 79.0 Å². The fourth-order valence-electron chi connectivity index (χ4n) is 4.44. The van der Waals surface area contributed by atoms with Crippen molar-refractivity contribution in [2.45, 2.75) is 24.1 Å². The largest absolute Gasteiger partial charge is 0.317 e. The molecule has 0 aliphatic carbocycles. The topological polar surface area (TPSA) is 98.6 Å². The summed E-state index contributed by atoms with van der Waals surface area (Å²) >= 11 is 3.03. The number of nitrogens with zero attached hydrogens (tertiary/aromatic N) is 2. The summed E-state index contributed by atoms with van der Waals surface area (Å²) in [5.74, 6) is 0.350. The second kappa shape index (κ2) is 11.9. The molecule has 4 N–H and O–H groups in total. The van der Waals surface area contributed by atoms with Crippen LogP contribution in [0.3, 0.4) is 0 Å². The van der Waals surface area contributed by atoms with Gasteiger partial charge in [0.25, 0.3) is 0 Å². The number of hydrogen-bond donors (Lipinski definition) is 4. The molecule has 0 radical (unpaired) electrons. The lowest BCUT2D eigenvalue weighted by atomic mass is 9.98. The Hall–Kier alpha value is -3.24. The number of anilines is 1. The minimum Gasteiger partial charge on any atom is -0.317 e. The van der Waals surface area contributed by atoms with E-state index in [9.17, 15) is 4.79 Å². The van der Waals surface area contributed by atoms with Gasteiger partial charge in [-0.25, -0.2) is 4.98 Å². The van der Waals surface area contributed by atoms with Gasteiger partial charge >= 0.3 is 0 Å². The number of allylic oxidation sites excluding steroid dienone is 1. The van der Waals surface area contributed by atoms with Crippen molar-refractivity contribution in [3.05, 3.63) is 89.5 Å². The van der Waals surface area contributed by atoms with Crippen LogP contribution < -0.4 is 16.1 Å². The van der Waals surface area contributed by atoms with E-state index in [-0.39, 0.29) is 17.2 Å². The summed E-state index contributed by atoms with van der Waals surface area (Å²) in [7, 11) is 0. The van der Waals surface area contributed by atoms with Gasteiger partial charge < -0.3 is 10.6 Å². The molecule has 1 aromatic heterocycles. The zero-order valence-corrected chi connectivity index (χ0v) is 21.9. The first-order valence-corrected chi connectivity index (χ1v) is 14.0. The molecule has 2 aliphatic rings. The number of carbonyl (C=O) groups is 1. The standard InChI is InChI=1S/C28H29N5O2S2/c1-18(33-35)7-8-19-9-11-20(12-10-19)23-17-36-28(30-23)32-26(34)25-24(21-5-3-2-4-6-21)31-27(37-25)22-13-15-29-16-14-22/h2-12,17,22,24-25,29,33,35H,1,13-16H2,(H,30,32,34)/b8-7+. The Morgan fingerprint density at radius 1 is 1.11 bits per heavy atom. The van der Waals surface area contributed by atoms with E-state index in [0.717, 1.165) is 53.4 Å². The first kappa shape index (κ1) is 25.4. The molecule has 37 heavy (non-hydrogen) atoms. The number of thiazole rings is 1. The third-order valence-electron chi connectivity index (χ3n) is 6.45. The molecule has 2 aliphatic heterocycles. The molecular weight excluding hydrogens is 502 g/mol. The Morgan fingerprint density at radius 3 is 2.59 bits per heavy atom. The minimum absolute atomic E-state index is 0.0642. The monoisotopic (exact) mass is 531 g/mol. The fraction of sp³-hybridized carbons (Fsp3) is 0.250. The van der Waals surface area contributed by atoms with E-state index in [0.29, 0.717) is 16.7 Å². The highest BCUT2D eigenvalue weighted by molar-refractivity contribution is 8.15. The number of piperidine rings is 1. The Balaban J connectivity index is 1.28. The number of hydrogen-bond acceptors (Lipinski definition) is 8. The van der Waals surface area contributed by atoms with Crippen molar-refractivity contribution in [1.82, 2.24) is 15.8 Å². The maximum Gasteiger partial charge on any atom is 0.242 e. The number of amides is 1.